The van der Waals surface area contributed by atoms with Crippen molar-refractivity contribution in [2.45, 2.75) is 12.5 Å². The molecule has 0 spiro atoms. The lowest BCUT2D eigenvalue weighted by atomic mass is 10.1. The normalized spacial score (nSPS) is 12.4. The Bertz CT molecular complexity index is 233. The van der Waals surface area contributed by atoms with Gasteiger partial charge in [0.05, 0.1) is 0 Å². The number of nitrogens with one attached hydrogen (secondary N) is 1. The highest BCUT2D eigenvalue weighted by atomic mass is 16.1. The SMILES string of the molecule is CNC(CC=O)c1ccccc1. The first-order chi connectivity index (χ1) is 5.88. The third kappa shape index (κ3) is 2.17. The number of hydrogen-bond acceptors (Lipinski definition) is 2. The summed E-state index contributed by atoms with van der Waals surface area (Å²) < 4.78 is 0. The monoisotopic (exact) mass is 163 g/mol. The maximum atomic E-state index is 10.3. The third-order valence-electron chi connectivity index (χ3n) is 1.88. The maximum absolute atomic E-state index is 10.3. The summed E-state index contributed by atoms with van der Waals surface area (Å²) in [5.41, 5.74) is 1.16. The standard InChI is InChI=1S/C10H13NO/c1-11-10(7-8-12)9-5-3-2-4-6-9/h2-6,8,10-11H,7H2,1H3. The van der Waals surface area contributed by atoms with Crippen molar-refractivity contribution >= 4 is 6.29 Å². The third-order valence-corrected chi connectivity index (χ3v) is 1.88. The van der Waals surface area contributed by atoms with Gasteiger partial charge in [0, 0.05) is 12.5 Å². The summed E-state index contributed by atoms with van der Waals surface area (Å²) in [5, 5.41) is 3.09. The van der Waals surface area contributed by atoms with Crippen LogP contribution in [0.1, 0.15) is 18.0 Å². The van der Waals surface area contributed by atoms with Gasteiger partial charge in [-0.1, -0.05) is 30.3 Å². The molecule has 1 rings (SSSR count). The van der Waals surface area contributed by atoms with Crippen molar-refractivity contribution in [1.82, 2.24) is 5.32 Å². The van der Waals surface area contributed by atoms with Crippen molar-refractivity contribution in [3.63, 3.8) is 0 Å². The van der Waals surface area contributed by atoms with E-state index in [0.717, 1.165) is 11.8 Å². The van der Waals surface area contributed by atoms with Crippen LogP contribution in [-0.2, 0) is 4.79 Å². The highest BCUT2D eigenvalue weighted by molar-refractivity contribution is 5.51. The van der Waals surface area contributed by atoms with E-state index in [1.165, 1.54) is 0 Å². The molecule has 0 saturated heterocycles. The molecule has 2 heteroatoms. The average Bonchev–Trinajstić information content (AvgIpc) is 2.15. The second kappa shape index (κ2) is 4.67. The van der Waals surface area contributed by atoms with Crippen molar-refractivity contribution in [3.05, 3.63) is 35.9 Å². The molecule has 1 aromatic carbocycles. The molecule has 0 fully saturated rings. The molecular weight excluding hydrogens is 150 g/mol. The zero-order valence-corrected chi connectivity index (χ0v) is 7.16. The van der Waals surface area contributed by atoms with Crippen LogP contribution in [0.5, 0.6) is 0 Å². The molecule has 0 aliphatic heterocycles. The van der Waals surface area contributed by atoms with E-state index in [-0.39, 0.29) is 6.04 Å². The number of hydrogen-bond donors (Lipinski definition) is 1. The number of carbonyl (C=O) groups is 1. The van der Waals surface area contributed by atoms with Crippen molar-refractivity contribution in [3.8, 4) is 0 Å². The Balaban J connectivity index is 2.72. The summed E-state index contributed by atoms with van der Waals surface area (Å²) in [6.07, 6.45) is 1.47. The fourth-order valence-corrected chi connectivity index (χ4v) is 1.20. The van der Waals surface area contributed by atoms with E-state index in [2.05, 4.69) is 5.32 Å². The lowest BCUT2D eigenvalue weighted by molar-refractivity contribution is -0.108. The molecule has 0 amide bonds. The lowest BCUT2D eigenvalue weighted by Crippen LogP contribution is -2.16. The Labute approximate surface area is 72.6 Å². The van der Waals surface area contributed by atoms with Crippen LogP contribution >= 0.6 is 0 Å². The van der Waals surface area contributed by atoms with Gasteiger partial charge in [-0.3, -0.25) is 0 Å². The summed E-state index contributed by atoms with van der Waals surface area (Å²) in [5.74, 6) is 0. The van der Waals surface area contributed by atoms with Crippen molar-refractivity contribution in [2.75, 3.05) is 7.05 Å². The summed E-state index contributed by atoms with van der Waals surface area (Å²) in [7, 11) is 1.86. The van der Waals surface area contributed by atoms with Gasteiger partial charge in [0.25, 0.3) is 0 Å². The topological polar surface area (TPSA) is 29.1 Å². The highest BCUT2D eigenvalue weighted by Gasteiger charge is 2.05. The smallest absolute Gasteiger partial charge is 0.121 e. The molecular formula is C10H13NO. The van der Waals surface area contributed by atoms with Gasteiger partial charge in [-0.05, 0) is 12.6 Å². The Hall–Kier alpha value is -1.15. The minimum Gasteiger partial charge on any atom is -0.313 e. The molecule has 0 aromatic heterocycles. The van der Waals surface area contributed by atoms with Crippen LogP contribution in [0.3, 0.4) is 0 Å². The lowest BCUT2D eigenvalue weighted by Gasteiger charge is -2.12. The number of aldehydes is 1. The molecule has 1 unspecified atom stereocenters. The Morgan fingerprint density at radius 1 is 1.42 bits per heavy atom. The van der Waals surface area contributed by atoms with E-state index >= 15 is 0 Å². The quantitative estimate of drug-likeness (QED) is 0.682. The van der Waals surface area contributed by atoms with Crippen LogP contribution < -0.4 is 5.32 Å². The minimum absolute atomic E-state index is 0.156. The molecule has 0 radical (unpaired) electrons. The van der Waals surface area contributed by atoms with Gasteiger partial charge in [-0.25, -0.2) is 0 Å². The van der Waals surface area contributed by atoms with Gasteiger partial charge in [0.1, 0.15) is 6.29 Å². The molecule has 0 heterocycles. The van der Waals surface area contributed by atoms with E-state index in [4.69, 9.17) is 0 Å². The Kier molecular flexibility index (Phi) is 3.48. The average molecular weight is 163 g/mol. The minimum atomic E-state index is 0.156. The Morgan fingerprint density at radius 3 is 2.58 bits per heavy atom. The van der Waals surface area contributed by atoms with Gasteiger partial charge >= 0.3 is 0 Å². The summed E-state index contributed by atoms with van der Waals surface area (Å²) >= 11 is 0. The van der Waals surface area contributed by atoms with Crippen LogP contribution in [-0.4, -0.2) is 13.3 Å². The Morgan fingerprint density at radius 2 is 2.08 bits per heavy atom. The molecule has 12 heavy (non-hydrogen) atoms. The van der Waals surface area contributed by atoms with E-state index in [1.54, 1.807) is 0 Å². The molecule has 0 aliphatic carbocycles. The molecule has 0 aliphatic rings. The maximum Gasteiger partial charge on any atom is 0.121 e. The predicted octanol–water partition coefficient (Wildman–Crippen LogP) is 1.54. The molecule has 1 aromatic rings. The van der Waals surface area contributed by atoms with Gasteiger partial charge in [-0.2, -0.15) is 0 Å². The first-order valence-corrected chi connectivity index (χ1v) is 4.04. The van der Waals surface area contributed by atoms with Gasteiger partial charge in [-0.15, -0.1) is 0 Å². The van der Waals surface area contributed by atoms with Crippen LogP contribution in [0, 0.1) is 0 Å². The molecule has 64 valence electrons. The summed E-state index contributed by atoms with van der Waals surface area (Å²) in [6, 6.07) is 10.1. The van der Waals surface area contributed by atoms with Crippen LogP contribution in [0.2, 0.25) is 0 Å². The van der Waals surface area contributed by atoms with Crippen LogP contribution in [0.15, 0.2) is 30.3 Å². The highest BCUT2D eigenvalue weighted by Crippen LogP contribution is 2.13. The van der Waals surface area contributed by atoms with E-state index < -0.39 is 0 Å². The van der Waals surface area contributed by atoms with Crippen molar-refractivity contribution in [1.29, 1.82) is 0 Å². The van der Waals surface area contributed by atoms with Gasteiger partial charge in [0.15, 0.2) is 0 Å². The van der Waals surface area contributed by atoms with Gasteiger partial charge in [0.2, 0.25) is 0 Å². The molecule has 0 saturated carbocycles. The number of rotatable bonds is 4. The summed E-state index contributed by atoms with van der Waals surface area (Å²) in [6.45, 7) is 0. The first-order valence-electron chi connectivity index (χ1n) is 4.04. The molecule has 0 bridgehead atoms. The fourth-order valence-electron chi connectivity index (χ4n) is 1.20. The fraction of sp³-hybridized carbons (Fsp3) is 0.300. The van der Waals surface area contributed by atoms with E-state index in [0.29, 0.717) is 6.42 Å². The molecule has 1 N–H and O–H groups in total. The number of benzene rings is 1. The van der Waals surface area contributed by atoms with Gasteiger partial charge < -0.3 is 10.1 Å². The number of carbonyl (C=O) groups excluding carboxylic acids is 1. The van der Waals surface area contributed by atoms with Crippen molar-refractivity contribution < 1.29 is 4.79 Å². The van der Waals surface area contributed by atoms with E-state index in [1.807, 2.05) is 37.4 Å². The molecule has 1 atom stereocenters. The zero-order valence-electron chi connectivity index (χ0n) is 7.16. The van der Waals surface area contributed by atoms with E-state index in [9.17, 15) is 4.79 Å². The predicted molar refractivity (Wildman–Crippen MR) is 48.9 cm³/mol. The van der Waals surface area contributed by atoms with Crippen LogP contribution in [0.4, 0.5) is 0 Å². The van der Waals surface area contributed by atoms with Crippen molar-refractivity contribution in [2.24, 2.45) is 0 Å². The van der Waals surface area contributed by atoms with Crippen LogP contribution in [0.25, 0.3) is 0 Å². The second-order valence-corrected chi connectivity index (χ2v) is 2.65. The summed E-state index contributed by atoms with van der Waals surface area (Å²) in [4.78, 5) is 10.3. The molecule has 2 nitrogen and oxygen atoms in total. The second-order valence-electron chi connectivity index (χ2n) is 2.65. The largest absolute Gasteiger partial charge is 0.313 e. The zero-order chi connectivity index (χ0) is 8.81. The first kappa shape index (κ1) is 8.94.